The van der Waals surface area contributed by atoms with Gasteiger partial charge in [-0.2, -0.15) is 0 Å². The fourth-order valence-corrected chi connectivity index (χ4v) is 1.80. The number of amides is 1. The lowest BCUT2D eigenvalue weighted by Crippen LogP contribution is -2.50. The van der Waals surface area contributed by atoms with Gasteiger partial charge in [0.05, 0.1) is 18.7 Å². The van der Waals surface area contributed by atoms with E-state index in [-0.39, 0.29) is 30.1 Å². The van der Waals surface area contributed by atoms with Crippen LogP contribution < -0.4 is 10.6 Å². The molecule has 0 aliphatic heterocycles. The van der Waals surface area contributed by atoms with Gasteiger partial charge in [0.15, 0.2) is 0 Å². The van der Waals surface area contributed by atoms with E-state index in [9.17, 15) is 9.90 Å². The number of benzene rings is 1. The molecule has 2 unspecified atom stereocenters. The van der Waals surface area contributed by atoms with E-state index in [0.717, 1.165) is 5.56 Å². The molecule has 1 aromatic carbocycles. The summed E-state index contributed by atoms with van der Waals surface area (Å²) in [5.41, 5.74) is 0.717. The lowest BCUT2D eigenvalue weighted by molar-refractivity contribution is -0.124. The average molecular weight is 264 g/mol. The van der Waals surface area contributed by atoms with Crippen LogP contribution in [0.15, 0.2) is 30.3 Å². The Labute approximate surface area is 115 Å². The van der Waals surface area contributed by atoms with Crippen LogP contribution in [0.25, 0.3) is 0 Å². The van der Waals surface area contributed by atoms with Crippen molar-refractivity contribution in [2.75, 3.05) is 6.61 Å². The van der Waals surface area contributed by atoms with Gasteiger partial charge in [-0.15, -0.1) is 0 Å². The van der Waals surface area contributed by atoms with Crippen LogP contribution in [0.2, 0.25) is 0 Å². The minimum absolute atomic E-state index is 0.0445. The molecule has 4 heteroatoms. The highest BCUT2D eigenvalue weighted by atomic mass is 16.3. The molecule has 19 heavy (non-hydrogen) atoms. The molecular formula is C15H24N2O2. The summed E-state index contributed by atoms with van der Waals surface area (Å²) in [5.74, 6) is -0.0677. The first-order chi connectivity index (χ1) is 8.83. The summed E-state index contributed by atoms with van der Waals surface area (Å²) in [6.07, 6.45) is 0. The van der Waals surface area contributed by atoms with E-state index in [2.05, 4.69) is 10.6 Å². The summed E-state index contributed by atoms with van der Waals surface area (Å²) in [4.78, 5) is 12.0. The number of aliphatic hydroxyl groups excluding tert-OH is 1. The molecule has 3 N–H and O–H groups in total. The van der Waals surface area contributed by atoms with E-state index in [1.165, 1.54) is 0 Å². The topological polar surface area (TPSA) is 61.4 Å². The van der Waals surface area contributed by atoms with E-state index < -0.39 is 0 Å². The third-order valence-corrected chi connectivity index (χ3v) is 2.73. The van der Waals surface area contributed by atoms with Gasteiger partial charge in [0, 0.05) is 5.54 Å². The van der Waals surface area contributed by atoms with Gasteiger partial charge in [-0.3, -0.25) is 10.1 Å². The Kier molecular flexibility index (Phi) is 5.51. The zero-order valence-electron chi connectivity index (χ0n) is 12.1. The molecule has 0 aliphatic rings. The van der Waals surface area contributed by atoms with Gasteiger partial charge in [-0.1, -0.05) is 30.3 Å². The summed E-state index contributed by atoms with van der Waals surface area (Å²) in [5, 5.41) is 15.5. The van der Waals surface area contributed by atoms with Crippen molar-refractivity contribution >= 4 is 5.91 Å². The highest BCUT2D eigenvalue weighted by molar-refractivity contribution is 5.82. The van der Waals surface area contributed by atoms with Crippen molar-refractivity contribution in [3.8, 4) is 0 Å². The lowest BCUT2D eigenvalue weighted by Gasteiger charge is -2.26. The maximum atomic E-state index is 12.0. The molecular weight excluding hydrogens is 240 g/mol. The van der Waals surface area contributed by atoms with Crippen LogP contribution in [0.1, 0.15) is 39.3 Å². The number of hydrogen-bond donors (Lipinski definition) is 3. The predicted octanol–water partition coefficient (Wildman–Crippen LogP) is 1.61. The van der Waals surface area contributed by atoms with Crippen LogP contribution in [-0.4, -0.2) is 29.2 Å². The average Bonchev–Trinajstić information content (AvgIpc) is 2.34. The third-order valence-electron chi connectivity index (χ3n) is 2.73. The maximum Gasteiger partial charge on any atom is 0.237 e. The molecule has 0 aromatic heterocycles. The van der Waals surface area contributed by atoms with E-state index >= 15 is 0 Å². The Morgan fingerprint density at radius 1 is 1.26 bits per heavy atom. The monoisotopic (exact) mass is 264 g/mol. The van der Waals surface area contributed by atoms with Crippen molar-refractivity contribution in [3.05, 3.63) is 35.9 Å². The van der Waals surface area contributed by atoms with Crippen LogP contribution >= 0.6 is 0 Å². The molecule has 0 spiro atoms. The van der Waals surface area contributed by atoms with E-state index in [1.807, 2.05) is 51.1 Å². The van der Waals surface area contributed by atoms with E-state index in [1.54, 1.807) is 6.92 Å². The molecule has 1 amide bonds. The Morgan fingerprint density at radius 2 is 1.84 bits per heavy atom. The van der Waals surface area contributed by atoms with Crippen LogP contribution in [0.4, 0.5) is 0 Å². The normalized spacial score (nSPS) is 14.8. The Hall–Kier alpha value is -1.39. The Balaban J connectivity index is 2.64. The van der Waals surface area contributed by atoms with Crippen LogP contribution in [-0.2, 0) is 4.79 Å². The van der Waals surface area contributed by atoms with E-state index in [4.69, 9.17) is 0 Å². The SMILES string of the molecule is CC(NC(CO)c1ccccc1)C(=O)NC(C)(C)C. The fourth-order valence-electron chi connectivity index (χ4n) is 1.80. The highest BCUT2D eigenvalue weighted by Gasteiger charge is 2.22. The zero-order chi connectivity index (χ0) is 14.5. The van der Waals surface area contributed by atoms with Crippen LogP contribution in [0.5, 0.6) is 0 Å². The molecule has 4 nitrogen and oxygen atoms in total. The summed E-state index contributed by atoms with van der Waals surface area (Å²) < 4.78 is 0. The molecule has 0 saturated heterocycles. The fraction of sp³-hybridized carbons (Fsp3) is 0.533. The molecule has 0 radical (unpaired) electrons. The maximum absolute atomic E-state index is 12.0. The van der Waals surface area contributed by atoms with Crippen molar-refractivity contribution in [2.24, 2.45) is 0 Å². The third kappa shape index (κ3) is 5.41. The second-order valence-corrected chi connectivity index (χ2v) is 5.77. The summed E-state index contributed by atoms with van der Waals surface area (Å²) >= 11 is 0. The lowest BCUT2D eigenvalue weighted by atomic mass is 10.1. The first-order valence-corrected chi connectivity index (χ1v) is 6.57. The number of aliphatic hydroxyl groups is 1. The molecule has 0 bridgehead atoms. The minimum Gasteiger partial charge on any atom is -0.394 e. The Bertz CT molecular complexity index is 398. The minimum atomic E-state index is -0.364. The number of nitrogens with one attached hydrogen (secondary N) is 2. The van der Waals surface area contributed by atoms with Gasteiger partial charge in [0.25, 0.3) is 0 Å². The van der Waals surface area contributed by atoms with E-state index in [0.29, 0.717) is 0 Å². The summed E-state index contributed by atoms with van der Waals surface area (Å²) in [6, 6.07) is 9.02. The second kappa shape index (κ2) is 6.68. The van der Waals surface area contributed by atoms with Gasteiger partial charge in [0.2, 0.25) is 5.91 Å². The van der Waals surface area contributed by atoms with Crippen molar-refractivity contribution in [1.29, 1.82) is 0 Å². The van der Waals surface area contributed by atoms with Crippen molar-refractivity contribution in [3.63, 3.8) is 0 Å². The second-order valence-electron chi connectivity index (χ2n) is 5.77. The molecule has 0 heterocycles. The number of carbonyl (C=O) groups is 1. The van der Waals surface area contributed by atoms with Crippen molar-refractivity contribution in [2.45, 2.75) is 45.3 Å². The predicted molar refractivity (Wildman–Crippen MR) is 76.8 cm³/mol. The highest BCUT2D eigenvalue weighted by Crippen LogP contribution is 2.12. The zero-order valence-corrected chi connectivity index (χ0v) is 12.1. The molecule has 0 aliphatic carbocycles. The van der Waals surface area contributed by atoms with Gasteiger partial charge in [-0.25, -0.2) is 0 Å². The molecule has 0 saturated carbocycles. The van der Waals surface area contributed by atoms with Gasteiger partial charge >= 0.3 is 0 Å². The molecule has 1 rings (SSSR count). The standard InChI is InChI=1S/C15H24N2O2/c1-11(14(19)17-15(2,3)4)16-13(10-18)12-8-6-5-7-9-12/h5-9,11,13,16,18H,10H2,1-4H3,(H,17,19). The van der Waals surface area contributed by atoms with Crippen molar-refractivity contribution < 1.29 is 9.90 Å². The first kappa shape index (κ1) is 15.7. The Morgan fingerprint density at radius 3 is 2.32 bits per heavy atom. The largest absolute Gasteiger partial charge is 0.394 e. The summed E-state index contributed by atoms with van der Waals surface area (Å²) in [6.45, 7) is 7.58. The molecule has 2 atom stereocenters. The number of carbonyl (C=O) groups excluding carboxylic acids is 1. The van der Waals surface area contributed by atoms with Crippen molar-refractivity contribution in [1.82, 2.24) is 10.6 Å². The summed E-state index contributed by atoms with van der Waals surface area (Å²) in [7, 11) is 0. The molecule has 0 fully saturated rings. The van der Waals surface area contributed by atoms with Gasteiger partial charge in [-0.05, 0) is 33.3 Å². The van der Waals surface area contributed by atoms with Crippen LogP contribution in [0, 0.1) is 0 Å². The van der Waals surface area contributed by atoms with Gasteiger partial charge in [0.1, 0.15) is 0 Å². The van der Waals surface area contributed by atoms with Gasteiger partial charge < -0.3 is 10.4 Å². The molecule has 106 valence electrons. The number of rotatable bonds is 5. The first-order valence-electron chi connectivity index (χ1n) is 6.57. The number of hydrogen-bond acceptors (Lipinski definition) is 3. The molecule has 1 aromatic rings. The van der Waals surface area contributed by atoms with Crippen LogP contribution in [0.3, 0.4) is 0 Å². The quantitative estimate of drug-likeness (QED) is 0.757. The smallest absolute Gasteiger partial charge is 0.237 e.